The molecular weight excluding hydrogens is 234 g/mol. The number of hydrogen-bond acceptors (Lipinski definition) is 3. The van der Waals surface area contributed by atoms with Crippen LogP contribution in [0.25, 0.3) is 0 Å². The summed E-state index contributed by atoms with van der Waals surface area (Å²) in [5.41, 5.74) is 6.53. The molecule has 3 atom stereocenters. The molecule has 19 heavy (non-hydrogen) atoms. The average molecular weight is 267 g/mol. The fourth-order valence-electron chi connectivity index (χ4n) is 3.69. The van der Waals surface area contributed by atoms with Crippen LogP contribution in [0.2, 0.25) is 0 Å². The molecule has 2 rings (SSSR count). The number of fused-ring (bicyclic) bond motifs is 1. The zero-order chi connectivity index (χ0) is 14.0. The predicted molar refractivity (Wildman–Crippen MR) is 82.2 cm³/mol. The summed E-state index contributed by atoms with van der Waals surface area (Å²) < 4.78 is 0. The molecule has 0 aliphatic carbocycles. The van der Waals surface area contributed by atoms with Crippen LogP contribution in [0, 0.1) is 11.3 Å². The van der Waals surface area contributed by atoms with E-state index in [1.54, 1.807) is 0 Å². The Morgan fingerprint density at radius 3 is 2.63 bits per heavy atom. The molecule has 0 radical (unpaired) electrons. The largest absolute Gasteiger partial charge is 0.327 e. The molecule has 2 heterocycles. The van der Waals surface area contributed by atoms with Crippen LogP contribution < -0.4 is 5.73 Å². The standard InChI is InChI=1S/C16H33N3/c1-16(2,3)15(17)8-11-19-10-7-14-13(12-19)6-5-9-18(14)4/h13-15H,5-12,17H2,1-4H3. The minimum Gasteiger partial charge on any atom is -0.327 e. The first-order valence-corrected chi connectivity index (χ1v) is 8.06. The van der Waals surface area contributed by atoms with Gasteiger partial charge in [0.15, 0.2) is 0 Å². The van der Waals surface area contributed by atoms with Crippen molar-refractivity contribution in [3.63, 3.8) is 0 Å². The second-order valence-corrected chi connectivity index (χ2v) is 7.80. The van der Waals surface area contributed by atoms with Crippen LogP contribution in [0.15, 0.2) is 0 Å². The Morgan fingerprint density at radius 1 is 1.21 bits per heavy atom. The molecule has 0 amide bonds. The molecule has 0 aromatic carbocycles. The third-order valence-corrected chi connectivity index (χ3v) is 5.30. The highest BCUT2D eigenvalue weighted by atomic mass is 15.2. The van der Waals surface area contributed by atoms with Gasteiger partial charge in [0.25, 0.3) is 0 Å². The Kier molecular flexibility index (Phi) is 4.91. The quantitative estimate of drug-likeness (QED) is 0.850. The molecule has 2 aliphatic rings. The number of hydrogen-bond donors (Lipinski definition) is 1. The third-order valence-electron chi connectivity index (χ3n) is 5.30. The predicted octanol–water partition coefficient (Wildman–Crippen LogP) is 2.17. The van der Waals surface area contributed by atoms with Gasteiger partial charge in [-0.3, -0.25) is 0 Å². The van der Waals surface area contributed by atoms with Crippen molar-refractivity contribution in [2.75, 3.05) is 33.2 Å². The van der Waals surface area contributed by atoms with Gasteiger partial charge in [0.05, 0.1) is 0 Å². The normalized spacial score (nSPS) is 32.1. The van der Waals surface area contributed by atoms with Crippen LogP contribution in [0.1, 0.15) is 46.5 Å². The number of likely N-dealkylation sites (tertiary alicyclic amines) is 2. The molecule has 112 valence electrons. The van der Waals surface area contributed by atoms with E-state index in [1.807, 2.05) is 0 Å². The first kappa shape index (κ1) is 15.3. The lowest BCUT2D eigenvalue weighted by atomic mass is 9.83. The van der Waals surface area contributed by atoms with E-state index in [2.05, 4.69) is 37.6 Å². The van der Waals surface area contributed by atoms with Crippen LogP contribution >= 0.6 is 0 Å². The van der Waals surface area contributed by atoms with Crippen LogP contribution in [0.3, 0.4) is 0 Å². The molecule has 3 heteroatoms. The number of nitrogens with two attached hydrogens (primary N) is 1. The van der Waals surface area contributed by atoms with Crippen molar-refractivity contribution in [3.8, 4) is 0 Å². The molecule has 0 bridgehead atoms. The van der Waals surface area contributed by atoms with E-state index in [-0.39, 0.29) is 5.41 Å². The second-order valence-electron chi connectivity index (χ2n) is 7.80. The van der Waals surface area contributed by atoms with E-state index >= 15 is 0 Å². The lowest BCUT2D eigenvalue weighted by molar-refractivity contribution is 0.0362. The van der Waals surface area contributed by atoms with Gasteiger partial charge in [-0.2, -0.15) is 0 Å². The van der Waals surface area contributed by atoms with Crippen molar-refractivity contribution in [2.24, 2.45) is 17.1 Å². The van der Waals surface area contributed by atoms with Crippen LogP contribution in [0.4, 0.5) is 0 Å². The molecule has 3 nitrogen and oxygen atoms in total. The first-order chi connectivity index (χ1) is 8.88. The van der Waals surface area contributed by atoms with Crippen LogP contribution in [0.5, 0.6) is 0 Å². The molecular formula is C16H33N3. The minimum atomic E-state index is 0.239. The van der Waals surface area contributed by atoms with Crippen molar-refractivity contribution in [1.82, 2.24) is 9.80 Å². The highest BCUT2D eigenvalue weighted by Gasteiger charge is 2.34. The van der Waals surface area contributed by atoms with Gasteiger partial charge >= 0.3 is 0 Å². The fraction of sp³-hybridized carbons (Fsp3) is 1.00. The highest BCUT2D eigenvalue weighted by molar-refractivity contribution is 4.89. The molecule has 2 N–H and O–H groups in total. The molecule has 0 aromatic heterocycles. The van der Waals surface area contributed by atoms with Crippen molar-refractivity contribution in [2.45, 2.75) is 58.5 Å². The topological polar surface area (TPSA) is 32.5 Å². The zero-order valence-corrected chi connectivity index (χ0v) is 13.4. The van der Waals surface area contributed by atoms with Gasteiger partial charge in [-0.05, 0) is 63.7 Å². The zero-order valence-electron chi connectivity index (χ0n) is 13.4. The Balaban J connectivity index is 1.78. The summed E-state index contributed by atoms with van der Waals surface area (Å²) in [6.07, 6.45) is 5.30. The third kappa shape index (κ3) is 3.93. The van der Waals surface area contributed by atoms with E-state index in [9.17, 15) is 0 Å². The number of rotatable bonds is 3. The minimum absolute atomic E-state index is 0.239. The van der Waals surface area contributed by atoms with Gasteiger partial charge in [-0.1, -0.05) is 20.8 Å². The maximum Gasteiger partial charge on any atom is 0.0145 e. The number of piperidine rings is 2. The molecule has 2 fully saturated rings. The van der Waals surface area contributed by atoms with Gasteiger partial charge in [0, 0.05) is 18.6 Å². The van der Waals surface area contributed by atoms with E-state index in [0.717, 1.165) is 18.4 Å². The van der Waals surface area contributed by atoms with Gasteiger partial charge in [0.1, 0.15) is 0 Å². The Morgan fingerprint density at radius 2 is 1.95 bits per heavy atom. The molecule has 2 aliphatic heterocycles. The second kappa shape index (κ2) is 6.11. The monoisotopic (exact) mass is 267 g/mol. The van der Waals surface area contributed by atoms with Crippen molar-refractivity contribution >= 4 is 0 Å². The van der Waals surface area contributed by atoms with Crippen molar-refractivity contribution in [3.05, 3.63) is 0 Å². The van der Waals surface area contributed by atoms with E-state index < -0.39 is 0 Å². The maximum absolute atomic E-state index is 6.29. The summed E-state index contributed by atoms with van der Waals surface area (Å²) in [5, 5.41) is 0. The highest BCUT2D eigenvalue weighted by Crippen LogP contribution is 2.30. The van der Waals surface area contributed by atoms with Gasteiger partial charge in [-0.25, -0.2) is 0 Å². The summed E-state index contributed by atoms with van der Waals surface area (Å²) in [6.45, 7) is 11.8. The van der Waals surface area contributed by atoms with E-state index in [4.69, 9.17) is 5.73 Å². The molecule has 2 saturated heterocycles. The maximum atomic E-state index is 6.29. The van der Waals surface area contributed by atoms with Gasteiger partial charge in [-0.15, -0.1) is 0 Å². The Bertz CT molecular complexity index is 284. The number of nitrogens with zero attached hydrogens (tertiary/aromatic N) is 2. The Hall–Kier alpha value is -0.120. The summed E-state index contributed by atoms with van der Waals surface area (Å²) in [5.74, 6) is 0.901. The first-order valence-electron chi connectivity index (χ1n) is 8.06. The average Bonchev–Trinajstić information content (AvgIpc) is 2.35. The van der Waals surface area contributed by atoms with Gasteiger partial charge in [0.2, 0.25) is 0 Å². The summed E-state index contributed by atoms with van der Waals surface area (Å²) in [7, 11) is 2.31. The molecule has 0 saturated carbocycles. The fourth-order valence-corrected chi connectivity index (χ4v) is 3.69. The lowest BCUT2D eigenvalue weighted by Crippen LogP contribution is -2.53. The van der Waals surface area contributed by atoms with E-state index in [0.29, 0.717) is 6.04 Å². The molecule has 3 unspecified atom stereocenters. The summed E-state index contributed by atoms with van der Waals surface area (Å²) in [4.78, 5) is 5.25. The smallest absolute Gasteiger partial charge is 0.0145 e. The van der Waals surface area contributed by atoms with Crippen LogP contribution in [-0.2, 0) is 0 Å². The van der Waals surface area contributed by atoms with Crippen molar-refractivity contribution < 1.29 is 0 Å². The van der Waals surface area contributed by atoms with Gasteiger partial charge < -0.3 is 15.5 Å². The SMILES string of the molecule is CN1CCCC2CN(CCC(N)C(C)(C)C)CCC21. The van der Waals surface area contributed by atoms with Crippen LogP contribution in [-0.4, -0.2) is 55.1 Å². The molecule has 0 spiro atoms. The Labute approximate surface area is 119 Å². The summed E-state index contributed by atoms with van der Waals surface area (Å²) in [6, 6.07) is 1.17. The lowest BCUT2D eigenvalue weighted by Gasteiger charge is -2.46. The molecule has 0 aromatic rings. The van der Waals surface area contributed by atoms with Crippen molar-refractivity contribution in [1.29, 1.82) is 0 Å². The summed E-state index contributed by atoms with van der Waals surface area (Å²) >= 11 is 0. The van der Waals surface area contributed by atoms with E-state index in [1.165, 1.54) is 45.4 Å².